The molecular formula is C45H47IO3. The van der Waals surface area contributed by atoms with E-state index in [1.165, 1.54) is 67.1 Å². The Bertz CT molecular complexity index is 2400. The predicted molar refractivity (Wildman–Crippen MR) is 219 cm³/mol. The monoisotopic (exact) mass is 762 g/mol. The summed E-state index contributed by atoms with van der Waals surface area (Å²) in [6.07, 6.45) is 2.56. The number of hydrogen-bond donors (Lipinski definition) is 0. The molecule has 0 atom stereocenters. The standard InChI is InChI=1S/C20H17IO.C20H18O.C4H8O.CH4/c1-20(2,3)15-11-12-7-4-5-8-13(12)17-14-9-6-10-16(21)18(14)22-19(15)17;1-20(2,3)16-12-13-8-4-5-9-14(13)18-15-10-6-7-11-17(15)21-19(16)18;1-2-4-5-3-1;/h4-11H,1-3H3;4-12H,1-3H3;1-4H2;1H4. The second-order valence-electron chi connectivity index (χ2n) is 14.8. The maximum Gasteiger partial charge on any atom is 0.148 e. The highest BCUT2D eigenvalue weighted by molar-refractivity contribution is 14.1. The minimum atomic E-state index is 0. The molecular weight excluding hydrogens is 715 g/mol. The fraction of sp³-hybridized carbons (Fsp3) is 0.289. The summed E-state index contributed by atoms with van der Waals surface area (Å²) in [6, 6.07) is 36.4. The molecule has 0 amide bonds. The normalized spacial score (nSPS) is 13.4. The number of furan rings is 2. The molecule has 0 unspecified atom stereocenters. The van der Waals surface area contributed by atoms with Gasteiger partial charge in [-0.25, -0.2) is 0 Å². The van der Waals surface area contributed by atoms with Gasteiger partial charge in [-0.15, -0.1) is 0 Å². The van der Waals surface area contributed by atoms with Crippen LogP contribution in [0.15, 0.2) is 112 Å². The molecule has 6 aromatic carbocycles. The minimum absolute atomic E-state index is 0. The number of hydrogen-bond acceptors (Lipinski definition) is 3. The van der Waals surface area contributed by atoms with Crippen LogP contribution < -0.4 is 0 Å². The second-order valence-corrected chi connectivity index (χ2v) is 16.0. The van der Waals surface area contributed by atoms with E-state index in [9.17, 15) is 0 Å². The highest BCUT2D eigenvalue weighted by atomic mass is 127. The highest BCUT2D eigenvalue weighted by Gasteiger charge is 2.24. The molecule has 8 aromatic rings. The molecule has 1 aliphatic rings. The lowest BCUT2D eigenvalue weighted by Crippen LogP contribution is -2.11. The summed E-state index contributed by atoms with van der Waals surface area (Å²) in [6.45, 7) is 15.5. The lowest BCUT2D eigenvalue weighted by molar-refractivity contribution is 0.198. The van der Waals surface area contributed by atoms with Crippen LogP contribution in [-0.2, 0) is 15.6 Å². The average Bonchev–Trinajstić information content (AvgIpc) is 3.84. The van der Waals surface area contributed by atoms with Crippen molar-refractivity contribution in [1.29, 1.82) is 0 Å². The SMILES string of the molecule is C.C1CCOC1.CC(C)(C)c1cc2ccccc2c2c1oc1c(I)cccc12.CC(C)(C)c1cc2ccccc2c2c1oc1ccccc12. The van der Waals surface area contributed by atoms with Crippen molar-refractivity contribution in [2.45, 2.75) is 72.6 Å². The van der Waals surface area contributed by atoms with Gasteiger partial charge in [0, 0.05) is 45.9 Å². The first-order valence-electron chi connectivity index (χ1n) is 17.0. The van der Waals surface area contributed by atoms with Gasteiger partial charge in [-0.2, -0.15) is 0 Å². The summed E-state index contributed by atoms with van der Waals surface area (Å²) in [4.78, 5) is 0. The van der Waals surface area contributed by atoms with Gasteiger partial charge in [-0.1, -0.05) is 128 Å². The Balaban J connectivity index is 0.000000146. The van der Waals surface area contributed by atoms with E-state index in [0.717, 1.165) is 39.1 Å². The zero-order valence-corrected chi connectivity index (χ0v) is 30.9. The van der Waals surface area contributed by atoms with E-state index in [2.05, 4.69) is 161 Å². The molecule has 0 N–H and O–H groups in total. The van der Waals surface area contributed by atoms with Crippen molar-refractivity contribution in [2.75, 3.05) is 13.2 Å². The average molecular weight is 763 g/mol. The van der Waals surface area contributed by atoms with Gasteiger partial charge in [-0.05, 0) is 92.1 Å². The summed E-state index contributed by atoms with van der Waals surface area (Å²) in [5, 5.41) is 10.0. The fourth-order valence-electron chi connectivity index (χ4n) is 6.81. The Labute approximate surface area is 303 Å². The Morgan fingerprint density at radius 2 is 0.980 bits per heavy atom. The van der Waals surface area contributed by atoms with Gasteiger partial charge >= 0.3 is 0 Å². The zero-order chi connectivity index (χ0) is 33.6. The van der Waals surface area contributed by atoms with Crippen LogP contribution in [0, 0.1) is 3.57 Å². The number of benzene rings is 6. The predicted octanol–water partition coefficient (Wildman–Crippen LogP) is 14.1. The van der Waals surface area contributed by atoms with Crippen LogP contribution in [0.2, 0.25) is 0 Å². The van der Waals surface area contributed by atoms with Crippen molar-refractivity contribution in [2.24, 2.45) is 0 Å². The number of fused-ring (bicyclic) bond motifs is 10. The summed E-state index contributed by atoms with van der Waals surface area (Å²) >= 11 is 2.36. The zero-order valence-electron chi connectivity index (χ0n) is 28.7. The molecule has 1 fully saturated rings. The minimum Gasteiger partial charge on any atom is -0.456 e. The van der Waals surface area contributed by atoms with E-state index in [1.54, 1.807) is 0 Å². The number of ether oxygens (including phenoxy) is 1. The first-order chi connectivity index (χ1) is 23.0. The molecule has 0 aliphatic carbocycles. The van der Waals surface area contributed by atoms with Gasteiger partial charge in [0.2, 0.25) is 0 Å². The number of para-hydroxylation sites is 2. The van der Waals surface area contributed by atoms with E-state index in [-0.39, 0.29) is 18.3 Å². The van der Waals surface area contributed by atoms with Gasteiger partial charge in [0.15, 0.2) is 0 Å². The molecule has 0 saturated carbocycles. The van der Waals surface area contributed by atoms with Crippen molar-refractivity contribution in [3.8, 4) is 0 Å². The Hall–Kier alpha value is -3.87. The van der Waals surface area contributed by atoms with E-state index < -0.39 is 0 Å². The summed E-state index contributed by atoms with van der Waals surface area (Å²) in [7, 11) is 0. The number of halogens is 1. The first kappa shape index (κ1) is 35.0. The van der Waals surface area contributed by atoms with Crippen molar-refractivity contribution < 1.29 is 13.6 Å². The third kappa shape index (κ3) is 6.70. The van der Waals surface area contributed by atoms with Crippen LogP contribution in [0.25, 0.3) is 65.4 Å². The third-order valence-corrected chi connectivity index (χ3v) is 10.1. The van der Waals surface area contributed by atoms with Crippen LogP contribution in [0.3, 0.4) is 0 Å². The van der Waals surface area contributed by atoms with Crippen molar-refractivity contribution in [3.63, 3.8) is 0 Å². The smallest absolute Gasteiger partial charge is 0.148 e. The van der Waals surface area contributed by atoms with Crippen LogP contribution >= 0.6 is 22.6 Å². The molecule has 3 nitrogen and oxygen atoms in total. The molecule has 4 heteroatoms. The number of rotatable bonds is 0. The van der Waals surface area contributed by atoms with E-state index in [4.69, 9.17) is 13.6 Å². The van der Waals surface area contributed by atoms with Crippen LogP contribution in [-0.4, -0.2) is 13.2 Å². The Morgan fingerprint density at radius 3 is 1.51 bits per heavy atom. The highest BCUT2D eigenvalue weighted by Crippen LogP contribution is 2.43. The van der Waals surface area contributed by atoms with Crippen LogP contribution in [0.4, 0.5) is 0 Å². The van der Waals surface area contributed by atoms with E-state index in [1.807, 2.05) is 6.07 Å². The van der Waals surface area contributed by atoms with Crippen molar-refractivity contribution >= 4 is 88.0 Å². The maximum absolute atomic E-state index is 6.34. The molecule has 0 bridgehead atoms. The fourth-order valence-corrected chi connectivity index (χ4v) is 7.42. The largest absolute Gasteiger partial charge is 0.456 e. The Kier molecular flexibility index (Phi) is 9.85. The molecule has 0 spiro atoms. The van der Waals surface area contributed by atoms with Crippen molar-refractivity contribution in [3.05, 3.63) is 118 Å². The summed E-state index contributed by atoms with van der Waals surface area (Å²) in [5.41, 5.74) is 6.67. The summed E-state index contributed by atoms with van der Waals surface area (Å²) in [5.74, 6) is 0. The lowest BCUT2D eigenvalue weighted by atomic mass is 9.84. The van der Waals surface area contributed by atoms with Gasteiger partial charge in [-0.3, -0.25) is 0 Å². The molecule has 9 rings (SSSR count). The second kappa shape index (κ2) is 13.8. The van der Waals surface area contributed by atoms with Gasteiger partial charge in [0.25, 0.3) is 0 Å². The maximum atomic E-state index is 6.34. The van der Waals surface area contributed by atoms with E-state index >= 15 is 0 Å². The third-order valence-electron chi connectivity index (χ3n) is 9.26. The lowest BCUT2D eigenvalue weighted by Gasteiger charge is -2.20. The molecule has 1 saturated heterocycles. The molecule has 252 valence electrons. The topological polar surface area (TPSA) is 35.5 Å². The van der Waals surface area contributed by atoms with E-state index in [0.29, 0.717) is 0 Å². The van der Waals surface area contributed by atoms with Crippen LogP contribution in [0.5, 0.6) is 0 Å². The van der Waals surface area contributed by atoms with Gasteiger partial charge in [0.1, 0.15) is 22.3 Å². The van der Waals surface area contributed by atoms with Gasteiger partial charge in [0.05, 0.1) is 3.57 Å². The first-order valence-corrected chi connectivity index (χ1v) is 18.0. The quantitative estimate of drug-likeness (QED) is 0.144. The summed E-state index contributed by atoms with van der Waals surface area (Å²) < 4.78 is 18.7. The Morgan fingerprint density at radius 1 is 0.510 bits per heavy atom. The van der Waals surface area contributed by atoms with Crippen molar-refractivity contribution in [1.82, 2.24) is 0 Å². The molecule has 0 radical (unpaired) electrons. The van der Waals surface area contributed by atoms with Crippen LogP contribution in [0.1, 0.15) is 72.9 Å². The molecule has 1 aliphatic heterocycles. The molecule has 2 aromatic heterocycles. The molecule has 3 heterocycles. The van der Waals surface area contributed by atoms with Gasteiger partial charge < -0.3 is 13.6 Å². The molecule has 49 heavy (non-hydrogen) atoms.